The van der Waals surface area contributed by atoms with Crippen molar-refractivity contribution in [2.24, 2.45) is 11.7 Å². The first-order valence-electron chi connectivity index (χ1n) is 6.73. The van der Waals surface area contributed by atoms with E-state index in [0.717, 1.165) is 39.0 Å². The predicted octanol–water partition coefficient (Wildman–Crippen LogP) is 1.63. The monoisotopic (exact) mass is 236 g/mol. The summed E-state index contributed by atoms with van der Waals surface area (Å²) in [5, 5.41) is 4.67. The standard InChI is InChI=1S/C13H24N4/c1-3-13(4-2)17-6-5-12(15-17)10-16-8-11(7-14)9-16/h5-6,11,13H,3-4,7-10,14H2,1-2H3. The molecule has 0 aromatic carbocycles. The summed E-state index contributed by atoms with van der Waals surface area (Å²) in [5.41, 5.74) is 6.81. The van der Waals surface area contributed by atoms with Gasteiger partial charge in [0.1, 0.15) is 0 Å². The van der Waals surface area contributed by atoms with Crippen molar-refractivity contribution >= 4 is 0 Å². The minimum Gasteiger partial charge on any atom is -0.330 e. The van der Waals surface area contributed by atoms with Crippen LogP contribution in [0.5, 0.6) is 0 Å². The van der Waals surface area contributed by atoms with Crippen LogP contribution in [0.1, 0.15) is 38.4 Å². The SMILES string of the molecule is CCC(CC)n1ccc(CN2CC(CN)C2)n1. The van der Waals surface area contributed by atoms with Gasteiger partial charge in [-0.05, 0) is 31.4 Å². The van der Waals surface area contributed by atoms with E-state index in [0.29, 0.717) is 12.0 Å². The van der Waals surface area contributed by atoms with E-state index in [4.69, 9.17) is 5.73 Å². The second-order valence-corrected chi connectivity index (χ2v) is 5.05. The largest absolute Gasteiger partial charge is 0.330 e. The number of nitrogens with two attached hydrogens (primary N) is 1. The van der Waals surface area contributed by atoms with Crippen LogP contribution in [0.4, 0.5) is 0 Å². The second-order valence-electron chi connectivity index (χ2n) is 5.05. The molecule has 0 atom stereocenters. The first-order chi connectivity index (χ1) is 8.26. The molecule has 1 aromatic rings. The molecule has 1 aromatic heterocycles. The molecule has 0 saturated carbocycles. The third kappa shape index (κ3) is 2.87. The summed E-state index contributed by atoms with van der Waals surface area (Å²) < 4.78 is 2.12. The summed E-state index contributed by atoms with van der Waals surface area (Å²) >= 11 is 0. The molecule has 17 heavy (non-hydrogen) atoms. The number of likely N-dealkylation sites (tertiary alicyclic amines) is 1. The summed E-state index contributed by atoms with van der Waals surface area (Å²) in [7, 11) is 0. The van der Waals surface area contributed by atoms with E-state index in [1.165, 1.54) is 5.69 Å². The van der Waals surface area contributed by atoms with Crippen LogP contribution < -0.4 is 5.73 Å². The lowest BCUT2D eigenvalue weighted by atomic mass is 10.0. The van der Waals surface area contributed by atoms with Crippen molar-refractivity contribution in [1.29, 1.82) is 0 Å². The van der Waals surface area contributed by atoms with Gasteiger partial charge in [0.2, 0.25) is 0 Å². The quantitative estimate of drug-likeness (QED) is 0.816. The van der Waals surface area contributed by atoms with Crippen LogP contribution in [0.2, 0.25) is 0 Å². The van der Waals surface area contributed by atoms with Gasteiger partial charge in [-0.25, -0.2) is 0 Å². The smallest absolute Gasteiger partial charge is 0.0764 e. The van der Waals surface area contributed by atoms with Crippen LogP contribution in [0.3, 0.4) is 0 Å². The highest BCUT2D eigenvalue weighted by Crippen LogP contribution is 2.18. The molecule has 96 valence electrons. The van der Waals surface area contributed by atoms with Gasteiger partial charge < -0.3 is 5.73 Å². The number of nitrogens with zero attached hydrogens (tertiary/aromatic N) is 3. The molecule has 0 unspecified atom stereocenters. The van der Waals surface area contributed by atoms with Crippen LogP contribution in [-0.4, -0.2) is 34.3 Å². The molecular weight excluding hydrogens is 212 g/mol. The summed E-state index contributed by atoms with van der Waals surface area (Å²) in [6, 6.07) is 2.70. The first-order valence-corrected chi connectivity index (χ1v) is 6.73. The van der Waals surface area contributed by atoms with Gasteiger partial charge in [-0.3, -0.25) is 9.58 Å². The molecule has 1 aliphatic rings. The average Bonchev–Trinajstić information content (AvgIpc) is 2.73. The number of hydrogen-bond donors (Lipinski definition) is 1. The Kier molecular flexibility index (Phi) is 4.18. The average molecular weight is 236 g/mol. The van der Waals surface area contributed by atoms with E-state index in [2.05, 4.69) is 40.8 Å². The highest BCUT2D eigenvalue weighted by Gasteiger charge is 2.25. The van der Waals surface area contributed by atoms with Crippen molar-refractivity contribution < 1.29 is 0 Å². The van der Waals surface area contributed by atoms with Crippen LogP contribution in [-0.2, 0) is 6.54 Å². The van der Waals surface area contributed by atoms with E-state index in [9.17, 15) is 0 Å². The highest BCUT2D eigenvalue weighted by molar-refractivity contribution is 5.01. The van der Waals surface area contributed by atoms with Crippen LogP contribution in [0.25, 0.3) is 0 Å². The Hall–Kier alpha value is -0.870. The third-order valence-corrected chi connectivity index (χ3v) is 3.73. The Morgan fingerprint density at radius 3 is 2.71 bits per heavy atom. The minimum atomic E-state index is 0.553. The predicted molar refractivity (Wildman–Crippen MR) is 69.7 cm³/mol. The van der Waals surface area contributed by atoms with Crippen molar-refractivity contribution in [2.75, 3.05) is 19.6 Å². The number of aromatic nitrogens is 2. The lowest BCUT2D eigenvalue weighted by molar-refractivity contribution is 0.0961. The van der Waals surface area contributed by atoms with Gasteiger partial charge in [0, 0.05) is 25.8 Å². The van der Waals surface area contributed by atoms with Crippen molar-refractivity contribution in [3.63, 3.8) is 0 Å². The Bertz CT molecular complexity index is 337. The number of hydrogen-bond acceptors (Lipinski definition) is 3. The minimum absolute atomic E-state index is 0.553. The number of rotatable bonds is 6. The Morgan fingerprint density at radius 2 is 2.12 bits per heavy atom. The van der Waals surface area contributed by atoms with E-state index in [1.807, 2.05) is 0 Å². The lowest BCUT2D eigenvalue weighted by Gasteiger charge is -2.38. The zero-order valence-corrected chi connectivity index (χ0v) is 11.0. The molecule has 1 fully saturated rings. The molecule has 4 heteroatoms. The fraction of sp³-hybridized carbons (Fsp3) is 0.769. The van der Waals surface area contributed by atoms with E-state index < -0.39 is 0 Å². The molecule has 0 amide bonds. The Balaban J connectivity index is 1.86. The topological polar surface area (TPSA) is 47.1 Å². The fourth-order valence-electron chi connectivity index (χ4n) is 2.51. The summed E-state index contributed by atoms with van der Waals surface area (Å²) in [5.74, 6) is 0.705. The molecule has 0 spiro atoms. The first kappa shape index (κ1) is 12.6. The molecule has 2 heterocycles. The van der Waals surface area contributed by atoms with Gasteiger partial charge in [0.25, 0.3) is 0 Å². The van der Waals surface area contributed by atoms with Gasteiger partial charge in [0.15, 0.2) is 0 Å². The second kappa shape index (κ2) is 5.65. The molecule has 0 radical (unpaired) electrons. The van der Waals surface area contributed by atoms with E-state index in [-0.39, 0.29) is 0 Å². The maximum atomic E-state index is 5.62. The van der Waals surface area contributed by atoms with E-state index in [1.54, 1.807) is 0 Å². The molecule has 1 aliphatic heterocycles. The van der Waals surface area contributed by atoms with Gasteiger partial charge in [-0.2, -0.15) is 5.10 Å². The summed E-state index contributed by atoms with van der Waals surface area (Å²) in [6.07, 6.45) is 4.42. The Morgan fingerprint density at radius 1 is 1.41 bits per heavy atom. The van der Waals surface area contributed by atoms with Crippen molar-refractivity contribution in [3.8, 4) is 0 Å². The molecule has 4 nitrogen and oxygen atoms in total. The van der Waals surface area contributed by atoms with E-state index >= 15 is 0 Å². The van der Waals surface area contributed by atoms with Crippen molar-refractivity contribution in [2.45, 2.75) is 39.3 Å². The lowest BCUT2D eigenvalue weighted by Crippen LogP contribution is -2.49. The van der Waals surface area contributed by atoms with Gasteiger partial charge in [0.05, 0.1) is 11.7 Å². The normalized spacial score (nSPS) is 17.6. The highest BCUT2D eigenvalue weighted by atomic mass is 15.3. The van der Waals surface area contributed by atoms with Crippen molar-refractivity contribution in [3.05, 3.63) is 18.0 Å². The van der Waals surface area contributed by atoms with Gasteiger partial charge >= 0.3 is 0 Å². The molecule has 0 bridgehead atoms. The summed E-state index contributed by atoms with van der Waals surface area (Å²) in [4.78, 5) is 2.41. The maximum Gasteiger partial charge on any atom is 0.0764 e. The zero-order valence-electron chi connectivity index (χ0n) is 11.0. The molecular formula is C13H24N4. The Labute approximate surface area is 104 Å². The molecule has 1 saturated heterocycles. The summed E-state index contributed by atoms with van der Waals surface area (Å²) in [6.45, 7) is 8.50. The molecule has 0 aliphatic carbocycles. The maximum absolute atomic E-state index is 5.62. The van der Waals surface area contributed by atoms with Crippen LogP contribution in [0, 0.1) is 5.92 Å². The van der Waals surface area contributed by atoms with Gasteiger partial charge in [-0.15, -0.1) is 0 Å². The fourth-order valence-corrected chi connectivity index (χ4v) is 2.51. The zero-order chi connectivity index (χ0) is 12.3. The third-order valence-electron chi connectivity index (χ3n) is 3.73. The van der Waals surface area contributed by atoms with Crippen LogP contribution in [0.15, 0.2) is 12.3 Å². The molecule has 2 rings (SSSR count). The van der Waals surface area contributed by atoms with Crippen LogP contribution >= 0.6 is 0 Å². The van der Waals surface area contributed by atoms with Crippen molar-refractivity contribution in [1.82, 2.24) is 14.7 Å². The van der Waals surface area contributed by atoms with Gasteiger partial charge in [-0.1, -0.05) is 13.8 Å². The molecule has 2 N–H and O–H groups in total.